The smallest absolute Gasteiger partial charge is 0.400 e. The normalized spacial score (nSPS) is 25.2. The lowest BCUT2D eigenvalue weighted by molar-refractivity contribution is 0.00578. The fourth-order valence-electron chi connectivity index (χ4n) is 2.57. The molecule has 2 fully saturated rings. The average molecular weight is 337 g/mol. The molecule has 0 atom stereocenters. The molecule has 2 heterocycles. The first-order valence-electron chi connectivity index (χ1n) is 8.50. The SMILES string of the molecule is C=C(F)/C(=C\C=C(/C)B1OC(C)(C)C(C)(C)O1)CN1CCOCC1. The predicted octanol–water partition coefficient (Wildman–Crippen LogP) is 3.31. The lowest BCUT2D eigenvalue weighted by Crippen LogP contribution is -2.41. The van der Waals surface area contributed by atoms with Gasteiger partial charge in [-0.2, -0.15) is 0 Å². The summed E-state index contributed by atoms with van der Waals surface area (Å²) in [6.07, 6.45) is 3.64. The molecule has 0 aromatic heterocycles. The maximum Gasteiger partial charge on any atom is 0.490 e. The van der Waals surface area contributed by atoms with Gasteiger partial charge in [-0.1, -0.05) is 18.7 Å². The molecule has 4 nitrogen and oxygen atoms in total. The van der Waals surface area contributed by atoms with Crippen LogP contribution in [0, 0.1) is 0 Å². The van der Waals surface area contributed by atoms with Crippen LogP contribution in [0.5, 0.6) is 0 Å². The summed E-state index contributed by atoms with van der Waals surface area (Å²) in [5, 5.41) is 0. The third-order valence-electron chi connectivity index (χ3n) is 5.02. The molecule has 2 saturated heterocycles. The summed E-state index contributed by atoms with van der Waals surface area (Å²) in [5.41, 5.74) is 0.732. The molecule has 0 saturated carbocycles. The van der Waals surface area contributed by atoms with Crippen LogP contribution in [0.15, 0.2) is 35.6 Å². The Morgan fingerprint density at radius 1 is 1.12 bits per heavy atom. The molecule has 0 aliphatic carbocycles. The van der Waals surface area contributed by atoms with Gasteiger partial charge >= 0.3 is 7.12 Å². The third-order valence-corrected chi connectivity index (χ3v) is 5.02. The Morgan fingerprint density at radius 3 is 2.17 bits per heavy atom. The van der Waals surface area contributed by atoms with Gasteiger partial charge in [-0.15, -0.1) is 0 Å². The number of rotatable bonds is 5. The highest BCUT2D eigenvalue weighted by molar-refractivity contribution is 6.54. The zero-order chi connectivity index (χ0) is 18.0. The molecule has 0 radical (unpaired) electrons. The van der Waals surface area contributed by atoms with Gasteiger partial charge in [0.15, 0.2) is 0 Å². The van der Waals surface area contributed by atoms with E-state index >= 15 is 0 Å². The van der Waals surface area contributed by atoms with Crippen LogP contribution >= 0.6 is 0 Å². The van der Waals surface area contributed by atoms with E-state index in [4.69, 9.17) is 14.0 Å². The first-order chi connectivity index (χ1) is 11.1. The minimum Gasteiger partial charge on any atom is -0.400 e. The Balaban J connectivity index is 2.06. The van der Waals surface area contributed by atoms with Gasteiger partial charge in [0.25, 0.3) is 0 Å². The van der Waals surface area contributed by atoms with E-state index in [0.29, 0.717) is 25.3 Å². The van der Waals surface area contributed by atoms with Crippen LogP contribution in [0.2, 0.25) is 0 Å². The maximum atomic E-state index is 13.8. The molecule has 6 heteroatoms. The zero-order valence-electron chi connectivity index (χ0n) is 15.5. The van der Waals surface area contributed by atoms with E-state index in [1.807, 2.05) is 40.7 Å². The van der Waals surface area contributed by atoms with Crippen molar-refractivity contribution in [2.75, 3.05) is 32.8 Å². The van der Waals surface area contributed by atoms with Crippen molar-refractivity contribution in [2.24, 2.45) is 0 Å². The number of ether oxygens (including phenoxy) is 1. The van der Waals surface area contributed by atoms with Gasteiger partial charge in [0.2, 0.25) is 0 Å². The van der Waals surface area contributed by atoms with Crippen molar-refractivity contribution < 1.29 is 18.4 Å². The van der Waals surface area contributed by atoms with Gasteiger partial charge < -0.3 is 14.0 Å². The summed E-state index contributed by atoms with van der Waals surface area (Å²) >= 11 is 0. The Morgan fingerprint density at radius 2 is 1.67 bits per heavy atom. The van der Waals surface area contributed by atoms with E-state index in [2.05, 4.69) is 11.5 Å². The van der Waals surface area contributed by atoms with Gasteiger partial charge in [-0.25, -0.2) is 4.39 Å². The predicted molar refractivity (Wildman–Crippen MR) is 95.4 cm³/mol. The van der Waals surface area contributed by atoms with Gasteiger partial charge in [-0.3, -0.25) is 4.90 Å². The highest BCUT2D eigenvalue weighted by Crippen LogP contribution is 2.38. The number of nitrogens with zero attached hydrogens (tertiary/aromatic N) is 1. The molecule has 0 spiro atoms. The lowest BCUT2D eigenvalue weighted by Gasteiger charge is -2.32. The average Bonchev–Trinajstić information content (AvgIpc) is 2.72. The molecule has 0 aromatic rings. The van der Waals surface area contributed by atoms with Gasteiger partial charge in [0.05, 0.1) is 24.4 Å². The molecule has 2 aliphatic rings. The van der Waals surface area contributed by atoms with Gasteiger partial charge in [0.1, 0.15) is 5.83 Å². The van der Waals surface area contributed by atoms with E-state index in [0.717, 1.165) is 18.6 Å². The minimum absolute atomic E-state index is 0.378. The molecule has 0 bridgehead atoms. The number of hydrogen-bond donors (Lipinski definition) is 0. The van der Waals surface area contributed by atoms with E-state index in [1.165, 1.54) is 0 Å². The summed E-state index contributed by atoms with van der Waals surface area (Å²) in [7, 11) is -0.413. The molecule has 24 heavy (non-hydrogen) atoms. The second-order valence-electron chi connectivity index (χ2n) is 7.48. The van der Waals surface area contributed by atoms with Crippen LogP contribution in [0.3, 0.4) is 0 Å². The quantitative estimate of drug-likeness (QED) is 0.569. The number of morpholine rings is 1. The first kappa shape index (κ1) is 19.4. The molecule has 134 valence electrons. The summed E-state index contributed by atoms with van der Waals surface area (Å²) in [6.45, 7) is 17.0. The van der Waals surface area contributed by atoms with Crippen molar-refractivity contribution in [3.63, 3.8) is 0 Å². The fourth-order valence-corrected chi connectivity index (χ4v) is 2.57. The van der Waals surface area contributed by atoms with E-state index < -0.39 is 12.9 Å². The van der Waals surface area contributed by atoms with Crippen LogP contribution < -0.4 is 0 Å². The van der Waals surface area contributed by atoms with Crippen LogP contribution in [0.4, 0.5) is 4.39 Å². The Bertz CT molecular complexity index is 520. The number of hydrogen-bond acceptors (Lipinski definition) is 4. The summed E-state index contributed by atoms with van der Waals surface area (Å²) in [6, 6.07) is 0. The highest BCUT2D eigenvalue weighted by Gasteiger charge is 2.51. The van der Waals surface area contributed by atoms with E-state index in [9.17, 15) is 4.39 Å². The molecular weight excluding hydrogens is 308 g/mol. The second kappa shape index (κ2) is 7.52. The monoisotopic (exact) mass is 337 g/mol. The van der Waals surface area contributed by atoms with Crippen LogP contribution in [-0.2, 0) is 14.0 Å². The van der Waals surface area contributed by atoms with Crippen LogP contribution in [-0.4, -0.2) is 56.1 Å². The molecular formula is C18H29BFNO3. The maximum absolute atomic E-state index is 13.8. The molecule has 0 unspecified atom stereocenters. The van der Waals surface area contributed by atoms with E-state index in [-0.39, 0.29) is 11.2 Å². The molecule has 0 aromatic carbocycles. The summed E-state index contributed by atoms with van der Waals surface area (Å²) in [4.78, 5) is 2.16. The number of allylic oxidation sites excluding steroid dienone is 3. The molecule has 2 aliphatic heterocycles. The zero-order valence-corrected chi connectivity index (χ0v) is 15.5. The van der Waals surface area contributed by atoms with Gasteiger partial charge in [0, 0.05) is 25.2 Å². The minimum atomic E-state index is -0.413. The van der Waals surface area contributed by atoms with Gasteiger partial charge in [-0.05, 0) is 40.1 Å². The molecule has 0 amide bonds. The fraction of sp³-hybridized carbons (Fsp3) is 0.667. The first-order valence-corrected chi connectivity index (χ1v) is 8.50. The van der Waals surface area contributed by atoms with E-state index in [1.54, 1.807) is 6.08 Å². The van der Waals surface area contributed by atoms with Crippen molar-refractivity contribution in [2.45, 2.75) is 45.8 Å². The van der Waals surface area contributed by atoms with Crippen molar-refractivity contribution in [1.82, 2.24) is 4.90 Å². The highest BCUT2D eigenvalue weighted by atomic mass is 19.1. The third kappa shape index (κ3) is 4.57. The largest absolute Gasteiger partial charge is 0.490 e. The van der Waals surface area contributed by atoms with Crippen molar-refractivity contribution in [3.05, 3.63) is 35.6 Å². The van der Waals surface area contributed by atoms with Crippen molar-refractivity contribution in [3.8, 4) is 0 Å². The topological polar surface area (TPSA) is 30.9 Å². The molecule has 2 rings (SSSR count). The second-order valence-corrected chi connectivity index (χ2v) is 7.48. The lowest BCUT2D eigenvalue weighted by atomic mass is 9.79. The van der Waals surface area contributed by atoms with Crippen molar-refractivity contribution in [1.29, 1.82) is 0 Å². The standard InChI is InChI=1S/C18H29BFNO3/c1-14(19-23-17(3,4)18(5,6)24-19)7-8-16(15(2)20)13-21-9-11-22-12-10-21/h7-8H,2,9-13H2,1,3-6H3/b14-7+,16-8-. The Kier molecular flexibility index (Phi) is 6.07. The number of halogens is 1. The molecule has 0 N–H and O–H groups in total. The Hall–Kier alpha value is -0.945. The van der Waals surface area contributed by atoms with Crippen LogP contribution in [0.25, 0.3) is 0 Å². The summed E-state index contributed by atoms with van der Waals surface area (Å²) in [5.74, 6) is -0.403. The van der Waals surface area contributed by atoms with Crippen LogP contribution in [0.1, 0.15) is 34.6 Å². The van der Waals surface area contributed by atoms with Crippen molar-refractivity contribution >= 4 is 7.12 Å². The Labute approximate surface area is 145 Å². The summed E-state index contributed by atoms with van der Waals surface area (Å²) < 4.78 is 31.1.